The molecule has 1 aromatic heterocycles. The van der Waals surface area contributed by atoms with Gasteiger partial charge in [-0.3, -0.25) is 10.1 Å². The smallest absolute Gasteiger partial charge is 0.269 e. The summed E-state index contributed by atoms with van der Waals surface area (Å²) in [5, 5.41) is 18.7. The number of thiophene rings is 1. The maximum atomic E-state index is 10.9. The number of nitrogens with one attached hydrogen (secondary N) is 1. The lowest BCUT2D eigenvalue weighted by molar-refractivity contribution is -0.384. The molecule has 1 heterocycles. The van der Waals surface area contributed by atoms with Crippen molar-refractivity contribution >= 4 is 17.0 Å². The molecule has 1 aromatic carbocycles. The topological polar surface area (TPSA) is 55.2 Å². The maximum absolute atomic E-state index is 10.9. The van der Waals surface area contributed by atoms with Crippen molar-refractivity contribution < 1.29 is 4.92 Å². The van der Waals surface area contributed by atoms with E-state index < -0.39 is 0 Å². The molecule has 0 radical (unpaired) electrons. The van der Waals surface area contributed by atoms with Crippen LogP contribution in [0.1, 0.15) is 37.4 Å². The molecule has 0 saturated carbocycles. The zero-order chi connectivity index (χ0) is 15.2. The van der Waals surface area contributed by atoms with Gasteiger partial charge in [-0.05, 0) is 47.7 Å². The van der Waals surface area contributed by atoms with Gasteiger partial charge in [0.15, 0.2) is 0 Å². The summed E-state index contributed by atoms with van der Waals surface area (Å²) in [5.41, 5.74) is 2.45. The molecule has 2 rings (SSSR count). The molecule has 1 N–H and O–H groups in total. The Labute approximate surface area is 129 Å². The fourth-order valence-corrected chi connectivity index (χ4v) is 3.15. The number of nitro benzene ring substituents is 1. The largest absolute Gasteiger partial charge is 0.307 e. The first-order valence-corrected chi connectivity index (χ1v) is 8.06. The number of hydrogen-bond donors (Lipinski definition) is 1. The first-order chi connectivity index (χ1) is 10.1. The summed E-state index contributed by atoms with van der Waals surface area (Å²) >= 11 is 1.71. The highest BCUT2D eigenvalue weighted by Gasteiger charge is 2.15. The number of benzene rings is 1. The monoisotopic (exact) mass is 304 g/mol. The van der Waals surface area contributed by atoms with E-state index in [0.717, 1.165) is 18.4 Å². The summed E-state index contributed by atoms with van der Waals surface area (Å²) in [7, 11) is 0. The number of hydrogen-bond acceptors (Lipinski definition) is 4. The zero-order valence-corrected chi connectivity index (χ0v) is 13.1. The van der Waals surface area contributed by atoms with E-state index in [1.165, 1.54) is 11.6 Å². The maximum Gasteiger partial charge on any atom is 0.269 e. The van der Waals surface area contributed by atoms with Crippen molar-refractivity contribution in [2.45, 2.75) is 38.8 Å². The Morgan fingerprint density at radius 2 is 2.19 bits per heavy atom. The van der Waals surface area contributed by atoms with Gasteiger partial charge in [-0.15, -0.1) is 0 Å². The average Bonchev–Trinajstić information content (AvgIpc) is 2.97. The minimum absolute atomic E-state index is 0.138. The lowest BCUT2D eigenvalue weighted by Gasteiger charge is -2.22. The first kappa shape index (κ1) is 15.7. The molecule has 0 amide bonds. The minimum atomic E-state index is -0.342. The Hall–Kier alpha value is -1.72. The van der Waals surface area contributed by atoms with E-state index >= 15 is 0 Å². The van der Waals surface area contributed by atoms with Gasteiger partial charge in [0.05, 0.1) is 4.92 Å². The Bertz CT molecular complexity index is 584. The normalized spacial score (nSPS) is 13.8. The van der Waals surface area contributed by atoms with Crippen LogP contribution < -0.4 is 5.32 Å². The number of rotatable bonds is 7. The molecule has 4 nitrogen and oxygen atoms in total. The summed E-state index contributed by atoms with van der Waals surface area (Å²) in [6, 6.07) is 9.50. The fraction of sp³-hybridized carbons (Fsp3) is 0.375. The lowest BCUT2D eigenvalue weighted by atomic mass is 10.0. The molecule has 2 atom stereocenters. The molecule has 0 aliphatic heterocycles. The standard InChI is InChI=1S/C16H20N2O2S/c1-3-16(14-5-4-6-15(10-14)18(19)20)17-12(2)9-13-7-8-21-11-13/h4-8,10-12,16-17H,3,9H2,1-2H3. The summed E-state index contributed by atoms with van der Waals surface area (Å²) in [5.74, 6) is 0. The summed E-state index contributed by atoms with van der Waals surface area (Å²) in [6.45, 7) is 4.24. The SMILES string of the molecule is CCC(NC(C)Cc1ccsc1)c1cccc([N+](=O)[O-])c1. The van der Waals surface area contributed by atoms with Gasteiger partial charge in [0.2, 0.25) is 0 Å². The highest BCUT2D eigenvalue weighted by molar-refractivity contribution is 7.07. The summed E-state index contributed by atoms with van der Waals surface area (Å²) in [4.78, 5) is 10.5. The van der Waals surface area contributed by atoms with Gasteiger partial charge in [0.1, 0.15) is 0 Å². The molecule has 21 heavy (non-hydrogen) atoms. The van der Waals surface area contributed by atoms with Gasteiger partial charge in [-0.2, -0.15) is 11.3 Å². The summed E-state index contributed by atoms with van der Waals surface area (Å²) in [6.07, 6.45) is 1.87. The molecule has 0 spiro atoms. The van der Waals surface area contributed by atoms with Crippen LogP contribution in [0.15, 0.2) is 41.1 Å². The third-order valence-electron chi connectivity index (χ3n) is 3.50. The molecule has 5 heteroatoms. The second-order valence-corrected chi connectivity index (χ2v) is 6.00. The second kappa shape index (κ2) is 7.33. The number of non-ortho nitro benzene ring substituents is 1. The Morgan fingerprint density at radius 3 is 2.81 bits per heavy atom. The van der Waals surface area contributed by atoms with Crippen LogP contribution in [0.3, 0.4) is 0 Å². The molecule has 0 aliphatic carbocycles. The van der Waals surface area contributed by atoms with Crippen LogP contribution >= 0.6 is 11.3 Å². The van der Waals surface area contributed by atoms with Crippen LogP contribution in [0, 0.1) is 10.1 Å². The van der Waals surface area contributed by atoms with Gasteiger partial charge in [-0.25, -0.2) is 0 Å². The molecule has 0 aliphatic rings. The second-order valence-electron chi connectivity index (χ2n) is 5.22. The fourth-order valence-electron chi connectivity index (χ4n) is 2.47. The van der Waals surface area contributed by atoms with Crippen LogP contribution in [0.25, 0.3) is 0 Å². The van der Waals surface area contributed by atoms with E-state index in [9.17, 15) is 10.1 Å². The van der Waals surface area contributed by atoms with Crippen LogP contribution in [0.2, 0.25) is 0 Å². The van der Waals surface area contributed by atoms with E-state index in [1.807, 2.05) is 6.07 Å². The molecule has 0 fully saturated rings. The van der Waals surface area contributed by atoms with Gasteiger partial charge >= 0.3 is 0 Å². The summed E-state index contributed by atoms with van der Waals surface area (Å²) < 4.78 is 0. The number of nitro groups is 1. The van der Waals surface area contributed by atoms with E-state index in [4.69, 9.17) is 0 Å². The van der Waals surface area contributed by atoms with Crippen LogP contribution in [-0.4, -0.2) is 11.0 Å². The van der Waals surface area contributed by atoms with Crippen molar-refractivity contribution in [2.75, 3.05) is 0 Å². The molecule has 2 unspecified atom stereocenters. The van der Waals surface area contributed by atoms with Crippen LogP contribution in [-0.2, 0) is 6.42 Å². The molecule has 0 bridgehead atoms. The van der Waals surface area contributed by atoms with Crippen molar-refractivity contribution in [3.05, 3.63) is 62.3 Å². The zero-order valence-electron chi connectivity index (χ0n) is 12.3. The predicted octanol–water partition coefficient (Wildman–Crippen LogP) is 4.33. The molecular formula is C16H20N2O2S. The predicted molar refractivity (Wildman–Crippen MR) is 86.7 cm³/mol. The Balaban J connectivity index is 2.05. The van der Waals surface area contributed by atoms with Gasteiger partial charge < -0.3 is 5.32 Å². The van der Waals surface area contributed by atoms with Crippen molar-refractivity contribution in [1.29, 1.82) is 0 Å². The Kier molecular flexibility index (Phi) is 5.47. The van der Waals surface area contributed by atoms with Gasteiger partial charge in [0.25, 0.3) is 5.69 Å². The Morgan fingerprint density at radius 1 is 1.38 bits per heavy atom. The molecular weight excluding hydrogens is 284 g/mol. The van der Waals surface area contributed by atoms with Crippen LogP contribution in [0.5, 0.6) is 0 Å². The molecule has 0 saturated heterocycles. The third-order valence-corrected chi connectivity index (χ3v) is 4.23. The first-order valence-electron chi connectivity index (χ1n) is 7.11. The van der Waals surface area contributed by atoms with Crippen molar-refractivity contribution in [2.24, 2.45) is 0 Å². The minimum Gasteiger partial charge on any atom is -0.307 e. The quantitative estimate of drug-likeness (QED) is 0.612. The van der Waals surface area contributed by atoms with E-state index in [-0.39, 0.29) is 16.7 Å². The van der Waals surface area contributed by atoms with Gasteiger partial charge in [-0.1, -0.05) is 19.1 Å². The van der Waals surface area contributed by atoms with Crippen molar-refractivity contribution in [1.82, 2.24) is 5.32 Å². The lowest BCUT2D eigenvalue weighted by Crippen LogP contribution is -2.31. The van der Waals surface area contributed by atoms with E-state index in [1.54, 1.807) is 23.5 Å². The molecule has 112 valence electrons. The van der Waals surface area contributed by atoms with E-state index in [2.05, 4.69) is 36.0 Å². The van der Waals surface area contributed by atoms with Crippen molar-refractivity contribution in [3.8, 4) is 0 Å². The van der Waals surface area contributed by atoms with Gasteiger partial charge in [0, 0.05) is 24.2 Å². The third kappa shape index (κ3) is 4.37. The van der Waals surface area contributed by atoms with E-state index in [0.29, 0.717) is 6.04 Å². The highest BCUT2D eigenvalue weighted by atomic mass is 32.1. The van der Waals surface area contributed by atoms with Crippen molar-refractivity contribution in [3.63, 3.8) is 0 Å². The average molecular weight is 304 g/mol. The number of nitrogens with zero attached hydrogens (tertiary/aromatic N) is 1. The molecule has 2 aromatic rings. The van der Waals surface area contributed by atoms with Crippen LogP contribution in [0.4, 0.5) is 5.69 Å². The highest BCUT2D eigenvalue weighted by Crippen LogP contribution is 2.22.